The molecule has 0 heterocycles. The van der Waals surface area contributed by atoms with Gasteiger partial charge in [-0.15, -0.1) is 12.6 Å². The minimum absolute atomic E-state index is 0.710. The first kappa shape index (κ1) is 9.18. The summed E-state index contributed by atoms with van der Waals surface area (Å²) in [5, 5.41) is 2.96. The Morgan fingerprint density at radius 3 is 2.83 bits per heavy atom. The van der Waals surface area contributed by atoms with Gasteiger partial charge in [0.15, 0.2) is 0 Å². The molecular weight excluding hydrogens is 166 g/mol. The summed E-state index contributed by atoms with van der Waals surface area (Å²) in [7, 11) is 1.88. The molecule has 0 amide bonds. The third-order valence-corrected chi connectivity index (χ3v) is 1.78. The first-order chi connectivity index (χ1) is 5.84. The van der Waals surface area contributed by atoms with Crippen LogP contribution in [0.4, 0.5) is 0 Å². The van der Waals surface area contributed by atoms with E-state index in [-0.39, 0.29) is 0 Å². The van der Waals surface area contributed by atoms with Crippen LogP contribution in [0.2, 0.25) is 0 Å². The van der Waals surface area contributed by atoms with Gasteiger partial charge in [-0.2, -0.15) is 0 Å². The van der Waals surface area contributed by atoms with Gasteiger partial charge < -0.3 is 5.32 Å². The molecule has 0 atom stereocenters. The topological polar surface area (TPSA) is 12.0 Å². The molecule has 12 heavy (non-hydrogen) atoms. The number of rotatable bonds is 1. The molecule has 1 aromatic carbocycles. The van der Waals surface area contributed by atoms with Crippen molar-refractivity contribution in [2.75, 3.05) is 13.6 Å². The fourth-order valence-corrected chi connectivity index (χ4v) is 1.02. The molecule has 0 saturated carbocycles. The van der Waals surface area contributed by atoms with Gasteiger partial charge in [0.2, 0.25) is 0 Å². The standard InChI is InChI=1S/C10H11NS/c1-11-8-4-6-9-5-2-3-7-10(9)12/h2-3,5,7,11-12H,8H2,1H3. The summed E-state index contributed by atoms with van der Waals surface area (Å²) in [6, 6.07) is 7.81. The van der Waals surface area contributed by atoms with Crippen LogP contribution in [0.15, 0.2) is 29.2 Å². The average Bonchev–Trinajstić information content (AvgIpc) is 2.09. The van der Waals surface area contributed by atoms with Gasteiger partial charge in [-0.1, -0.05) is 24.0 Å². The summed E-state index contributed by atoms with van der Waals surface area (Å²) in [5.74, 6) is 6.01. The molecule has 0 saturated heterocycles. The second-order valence-corrected chi connectivity index (χ2v) is 2.83. The summed E-state index contributed by atoms with van der Waals surface area (Å²) in [4.78, 5) is 0.932. The van der Waals surface area contributed by atoms with E-state index in [9.17, 15) is 0 Å². The maximum absolute atomic E-state index is 4.28. The zero-order valence-electron chi connectivity index (χ0n) is 6.96. The second-order valence-electron chi connectivity index (χ2n) is 2.35. The molecule has 0 aromatic heterocycles. The van der Waals surface area contributed by atoms with E-state index in [2.05, 4.69) is 29.8 Å². The molecule has 62 valence electrons. The summed E-state index contributed by atoms with van der Waals surface area (Å²) in [6.45, 7) is 0.710. The van der Waals surface area contributed by atoms with Gasteiger partial charge in [0.1, 0.15) is 0 Å². The molecule has 0 bridgehead atoms. The van der Waals surface area contributed by atoms with E-state index < -0.39 is 0 Å². The first-order valence-corrected chi connectivity index (χ1v) is 4.21. The number of hydrogen-bond donors (Lipinski definition) is 2. The molecular formula is C10H11NS. The third kappa shape index (κ3) is 2.61. The lowest BCUT2D eigenvalue weighted by Gasteiger charge is -1.93. The maximum Gasteiger partial charge on any atom is 0.0577 e. The highest BCUT2D eigenvalue weighted by Crippen LogP contribution is 2.10. The minimum atomic E-state index is 0.710. The fourth-order valence-electron chi connectivity index (χ4n) is 0.807. The van der Waals surface area contributed by atoms with Crippen LogP contribution in [0.3, 0.4) is 0 Å². The van der Waals surface area contributed by atoms with E-state index in [1.54, 1.807) is 0 Å². The predicted molar refractivity (Wildman–Crippen MR) is 54.5 cm³/mol. The van der Waals surface area contributed by atoms with Crippen LogP contribution in [0.1, 0.15) is 5.56 Å². The molecule has 1 aromatic rings. The van der Waals surface area contributed by atoms with Crippen LogP contribution in [-0.4, -0.2) is 13.6 Å². The highest BCUT2D eigenvalue weighted by molar-refractivity contribution is 7.80. The van der Waals surface area contributed by atoms with Crippen molar-refractivity contribution in [2.45, 2.75) is 4.90 Å². The van der Waals surface area contributed by atoms with Crippen LogP contribution in [0, 0.1) is 11.8 Å². The molecule has 1 nitrogen and oxygen atoms in total. The van der Waals surface area contributed by atoms with Crippen LogP contribution < -0.4 is 5.32 Å². The summed E-state index contributed by atoms with van der Waals surface area (Å²) in [6.07, 6.45) is 0. The molecule has 0 spiro atoms. The van der Waals surface area contributed by atoms with Gasteiger partial charge in [0.25, 0.3) is 0 Å². The first-order valence-electron chi connectivity index (χ1n) is 3.76. The van der Waals surface area contributed by atoms with Crippen molar-refractivity contribution in [2.24, 2.45) is 0 Å². The maximum atomic E-state index is 4.28. The van der Waals surface area contributed by atoms with Gasteiger partial charge in [0, 0.05) is 10.5 Å². The lowest BCUT2D eigenvalue weighted by Crippen LogP contribution is -2.04. The van der Waals surface area contributed by atoms with E-state index in [4.69, 9.17) is 0 Å². The predicted octanol–water partition coefficient (Wildman–Crippen LogP) is 1.55. The molecule has 0 radical (unpaired) electrons. The number of hydrogen-bond acceptors (Lipinski definition) is 2. The minimum Gasteiger partial charge on any atom is -0.309 e. The van der Waals surface area contributed by atoms with Gasteiger partial charge in [0.05, 0.1) is 6.54 Å². The Labute approximate surface area is 78.6 Å². The normalized spacial score (nSPS) is 8.83. The van der Waals surface area contributed by atoms with Crippen molar-refractivity contribution in [3.63, 3.8) is 0 Å². The monoisotopic (exact) mass is 177 g/mol. The van der Waals surface area contributed by atoms with E-state index in [0.29, 0.717) is 6.54 Å². The molecule has 0 unspecified atom stereocenters. The summed E-state index contributed by atoms with van der Waals surface area (Å²) < 4.78 is 0. The van der Waals surface area contributed by atoms with Crippen molar-refractivity contribution in [3.05, 3.63) is 29.8 Å². The van der Waals surface area contributed by atoms with Crippen molar-refractivity contribution in [3.8, 4) is 11.8 Å². The lowest BCUT2D eigenvalue weighted by atomic mass is 10.2. The number of benzene rings is 1. The van der Waals surface area contributed by atoms with E-state index in [0.717, 1.165) is 10.5 Å². The average molecular weight is 177 g/mol. The molecule has 0 fully saturated rings. The van der Waals surface area contributed by atoms with Gasteiger partial charge in [-0.25, -0.2) is 0 Å². The fraction of sp³-hybridized carbons (Fsp3) is 0.200. The molecule has 1 rings (SSSR count). The zero-order valence-corrected chi connectivity index (χ0v) is 7.86. The van der Waals surface area contributed by atoms with Gasteiger partial charge >= 0.3 is 0 Å². The van der Waals surface area contributed by atoms with Crippen LogP contribution >= 0.6 is 12.6 Å². The van der Waals surface area contributed by atoms with Crippen LogP contribution in [0.5, 0.6) is 0 Å². The largest absolute Gasteiger partial charge is 0.309 e. The molecule has 0 aliphatic heterocycles. The number of nitrogens with one attached hydrogen (secondary N) is 1. The van der Waals surface area contributed by atoms with Gasteiger partial charge in [-0.05, 0) is 19.2 Å². The Kier molecular flexibility index (Phi) is 3.72. The Hall–Kier alpha value is -0.910. The van der Waals surface area contributed by atoms with Crippen molar-refractivity contribution < 1.29 is 0 Å². The molecule has 0 aliphatic carbocycles. The van der Waals surface area contributed by atoms with Crippen LogP contribution in [-0.2, 0) is 0 Å². The van der Waals surface area contributed by atoms with Gasteiger partial charge in [-0.3, -0.25) is 0 Å². The Bertz CT molecular complexity index is 309. The summed E-state index contributed by atoms with van der Waals surface area (Å²) >= 11 is 4.28. The lowest BCUT2D eigenvalue weighted by molar-refractivity contribution is 0.938. The van der Waals surface area contributed by atoms with Crippen molar-refractivity contribution in [1.29, 1.82) is 0 Å². The van der Waals surface area contributed by atoms with E-state index >= 15 is 0 Å². The Balaban J connectivity index is 2.77. The molecule has 2 heteroatoms. The summed E-state index contributed by atoms with van der Waals surface area (Å²) in [5.41, 5.74) is 0.982. The van der Waals surface area contributed by atoms with Crippen molar-refractivity contribution >= 4 is 12.6 Å². The molecule has 0 aliphatic rings. The Morgan fingerprint density at radius 1 is 1.42 bits per heavy atom. The van der Waals surface area contributed by atoms with Crippen LogP contribution in [0.25, 0.3) is 0 Å². The highest BCUT2D eigenvalue weighted by Gasteiger charge is 1.89. The number of thiol groups is 1. The zero-order chi connectivity index (χ0) is 8.81. The van der Waals surface area contributed by atoms with Crippen molar-refractivity contribution in [1.82, 2.24) is 5.32 Å². The second kappa shape index (κ2) is 4.87. The van der Waals surface area contributed by atoms with E-state index in [1.165, 1.54) is 0 Å². The smallest absolute Gasteiger partial charge is 0.0577 e. The quantitative estimate of drug-likeness (QED) is 0.490. The Morgan fingerprint density at radius 2 is 2.17 bits per heavy atom. The highest BCUT2D eigenvalue weighted by atomic mass is 32.1. The SMILES string of the molecule is CNCC#Cc1ccccc1S. The third-order valence-electron chi connectivity index (χ3n) is 1.39. The van der Waals surface area contributed by atoms with E-state index in [1.807, 2.05) is 31.3 Å². The molecule has 1 N–H and O–H groups in total.